The first-order valence-electron chi connectivity index (χ1n) is 9.70. The van der Waals surface area contributed by atoms with Crippen LogP contribution in [0.1, 0.15) is 47.6 Å². The van der Waals surface area contributed by atoms with Gasteiger partial charge in [-0.3, -0.25) is 9.59 Å². The molecule has 0 aliphatic carbocycles. The number of nitrogens with one attached hydrogen (secondary N) is 1. The maximum absolute atomic E-state index is 13.7. The van der Waals surface area contributed by atoms with Gasteiger partial charge in [-0.1, -0.05) is 12.1 Å². The van der Waals surface area contributed by atoms with E-state index in [-0.39, 0.29) is 23.9 Å². The molecule has 0 aliphatic heterocycles. The van der Waals surface area contributed by atoms with Gasteiger partial charge in [-0.05, 0) is 55.3 Å². The number of imidazole rings is 1. The zero-order valence-corrected chi connectivity index (χ0v) is 17.0. The third-order valence-corrected chi connectivity index (χ3v) is 4.68. The number of Topliss-reactive ketones (excluding diaryl/α,β-unsaturated/α-hetero) is 1. The van der Waals surface area contributed by atoms with Gasteiger partial charge in [0.05, 0.1) is 6.61 Å². The Labute approximate surface area is 174 Å². The summed E-state index contributed by atoms with van der Waals surface area (Å²) >= 11 is 0. The number of aryl methyl sites for hydroxylation is 1. The van der Waals surface area contributed by atoms with Crippen molar-refractivity contribution in [2.75, 3.05) is 6.61 Å². The largest absolute Gasteiger partial charge is 0.494 e. The molecular weight excluding hydrogens is 385 g/mol. The highest BCUT2D eigenvalue weighted by Gasteiger charge is 2.21. The van der Waals surface area contributed by atoms with E-state index in [0.717, 1.165) is 0 Å². The normalized spacial score (nSPS) is 11.7. The molecule has 30 heavy (non-hydrogen) atoms. The molecule has 0 spiro atoms. The van der Waals surface area contributed by atoms with Crippen molar-refractivity contribution < 1.29 is 18.7 Å². The molecule has 6 nitrogen and oxygen atoms in total. The fraction of sp³-hybridized carbons (Fsp3) is 0.261. The molecule has 1 aromatic heterocycles. The fourth-order valence-electron chi connectivity index (χ4n) is 3.08. The number of ether oxygens (including phenoxy) is 1. The Morgan fingerprint density at radius 3 is 2.60 bits per heavy atom. The Morgan fingerprint density at radius 1 is 1.20 bits per heavy atom. The van der Waals surface area contributed by atoms with Crippen LogP contribution in [-0.4, -0.2) is 27.8 Å². The minimum Gasteiger partial charge on any atom is -0.494 e. The lowest BCUT2D eigenvalue weighted by Crippen LogP contribution is -2.31. The van der Waals surface area contributed by atoms with E-state index in [2.05, 4.69) is 10.3 Å². The van der Waals surface area contributed by atoms with Gasteiger partial charge in [0, 0.05) is 31.4 Å². The highest BCUT2D eigenvalue weighted by Crippen LogP contribution is 2.21. The van der Waals surface area contributed by atoms with Crippen LogP contribution in [0.2, 0.25) is 0 Å². The van der Waals surface area contributed by atoms with Gasteiger partial charge in [0.2, 0.25) is 5.91 Å². The van der Waals surface area contributed by atoms with E-state index in [1.807, 2.05) is 7.05 Å². The molecule has 1 heterocycles. The summed E-state index contributed by atoms with van der Waals surface area (Å²) < 4.78 is 21.1. The first-order chi connectivity index (χ1) is 14.4. The molecule has 156 valence electrons. The second kappa shape index (κ2) is 9.82. The van der Waals surface area contributed by atoms with Crippen LogP contribution in [0.5, 0.6) is 5.75 Å². The molecule has 1 atom stereocenters. The summed E-state index contributed by atoms with van der Waals surface area (Å²) in [6.45, 7) is 1.87. The summed E-state index contributed by atoms with van der Waals surface area (Å²) in [5.74, 6) is 0.716. The molecule has 0 saturated carbocycles. The van der Waals surface area contributed by atoms with Gasteiger partial charge in [-0.2, -0.15) is 0 Å². The molecule has 2 aromatic carbocycles. The van der Waals surface area contributed by atoms with E-state index in [4.69, 9.17) is 4.74 Å². The van der Waals surface area contributed by atoms with Crippen molar-refractivity contribution in [3.05, 3.63) is 83.7 Å². The Hall–Kier alpha value is -3.48. The van der Waals surface area contributed by atoms with Crippen LogP contribution in [0.4, 0.5) is 4.39 Å². The van der Waals surface area contributed by atoms with E-state index in [0.29, 0.717) is 35.7 Å². The van der Waals surface area contributed by atoms with Crippen LogP contribution in [0.15, 0.2) is 60.9 Å². The number of carbonyl (C=O) groups is 2. The number of halogens is 1. The summed E-state index contributed by atoms with van der Waals surface area (Å²) in [7, 11) is 1.83. The SMILES string of the molecule is CC(=O)c1ccc(OCCCC(=O)N[C@H](c2cccc(F)c2)c2nccn2C)cc1. The third-order valence-electron chi connectivity index (χ3n) is 4.68. The number of hydrogen-bond acceptors (Lipinski definition) is 4. The van der Waals surface area contributed by atoms with Crippen LogP contribution >= 0.6 is 0 Å². The van der Waals surface area contributed by atoms with E-state index in [1.165, 1.54) is 19.1 Å². The van der Waals surface area contributed by atoms with Crippen molar-refractivity contribution >= 4 is 11.7 Å². The van der Waals surface area contributed by atoms with Gasteiger partial charge in [-0.25, -0.2) is 9.37 Å². The quantitative estimate of drug-likeness (QED) is 0.431. The van der Waals surface area contributed by atoms with Crippen molar-refractivity contribution in [1.29, 1.82) is 0 Å². The van der Waals surface area contributed by atoms with Crippen molar-refractivity contribution in [2.45, 2.75) is 25.8 Å². The standard InChI is InChI=1S/C23H24FN3O3/c1-16(28)17-8-10-20(11-9-17)30-14-4-7-21(29)26-22(23-25-12-13-27(23)2)18-5-3-6-19(24)15-18/h3,5-6,8-13,15,22H,4,7,14H2,1-2H3,(H,26,29)/t22-/m1/s1. The maximum atomic E-state index is 13.7. The summed E-state index contributed by atoms with van der Waals surface area (Å²) in [6.07, 6.45) is 4.18. The molecule has 0 aliphatic rings. The number of aromatic nitrogens is 2. The third kappa shape index (κ3) is 5.53. The predicted molar refractivity (Wildman–Crippen MR) is 111 cm³/mol. The van der Waals surface area contributed by atoms with E-state index in [9.17, 15) is 14.0 Å². The first kappa shape index (κ1) is 21.2. The molecule has 0 radical (unpaired) electrons. The van der Waals surface area contributed by atoms with Gasteiger partial charge in [-0.15, -0.1) is 0 Å². The molecular formula is C23H24FN3O3. The van der Waals surface area contributed by atoms with Crippen molar-refractivity contribution in [3.63, 3.8) is 0 Å². The van der Waals surface area contributed by atoms with Crippen molar-refractivity contribution in [3.8, 4) is 5.75 Å². The zero-order valence-electron chi connectivity index (χ0n) is 17.0. The summed E-state index contributed by atoms with van der Waals surface area (Å²) in [5, 5.41) is 2.94. The second-order valence-corrected chi connectivity index (χ2v) is 6.98. The van der Waals surface area contributed by atoms with Crippen LogP contribution in [0, 0.1) is 5.82 Å². The maximum Gasteiger partial charge on any atom is 0.220 e. The molecule has 3 rings (SSSR count). The Morgan fingerprint density at radius 2 is 1.97 bits per heavy atom. The summed E-state index contributed by atoms with van der Waals surface area (Å²) in [6, 6.07) is 12.5. The highest BCUT2D eigenvalue weighted by atomic mass is 19.1. The van der Waals surface area contributed by atoms with Crippen LogP contribution in [0.3, 0.4) is 0 Å². The van der Waals surface area contributed by atoms with Crippen molar-refractivity contribution in [2.24, 2.45) is 7.05 Å². The molecule has 0 fully saturated rings. The first-order valence-corrected chi connectivity index (χ1v) is 9.70. The van der Waals surface area contributed by atoms with E-state index < -0.39 is 6.04 Å². The van der Waals surface area contributed by atoms with Crippen molar-refractivity contribution in [1.82, 2.24) is 14.9 Å². The average molecular weight is 409 g/mol. The summed E-state index contributed by atoms with van der Waals surface area (Å²) in [4.78, 5) is 28.1. The minimum absolute atomic E-state index is 0.00113. The summed E-state index contributed by atoms with van der Waals surface area (Å²) in [5.41, 5.74) is 1.25. The molecule has 0 saturated heterocycles. The highest BCUT2D eigenvalue weighted by molar-refractivity contribution is 5.94. The number of nitrogens with zero attached hydrogens (tertiary/aromatic N) is 2. The number of rotatable bonds is 9. The van der Waals surface area contributed by atoms with Gasteiger partial charge in [0.15, 0.2) is 5.78 Å². The molecule has 0 bridgehead atoms. The fourth-order valence-corrected chi connectivity index (χ4v) is 3.08. The van der Waals surface area contributed by atoms with Gasteiger partial charge in [0.1, 0.15) is 23.4 Å². The van der Waals surface area contributed by atoms with Gasteiger partial charge in [0.25, 0.3) is 0 Å². The number of benzene rings is 2. The molecule has 1 amide bonds. The number of ketones is 1. The molecule has 1 N–H and O–H groups in total. The number of hydrogen-bond donors (Lipinski definition) is 1. The lowest BCUT2D eigenvalue weighted by atomic mass is 10.1. The monoisotopic (exact) mass is 409 g/mol. The van der Waals surface area contributed by atoms with Crippen LogP contribution < -0.4 is 10.1 Å². The predicted octanol–water partition coefficient (Wildman–Crippen LogP) is 3.83. The minimum atomic E-state index is -0.548. The van der Waals surface area contributed by atoms with Crippen LogP contribution in [0.25, 0.3) is 0 Å². The lowest BCUT2D eigenvalue weighted by Gasteiger charge is -2.19. The van der Waals surface area contributed by atoms with Gasteiger partial charge < -0.3 is 14.6 Å². The Bertz CT molecular complexity index is 1010. The average Bonchev–Trinajstić information content (AvgIpc) is 3.15. The topological polar surface area (TPSA) is 73.2 Å². The van der Waals surface area contributed by atoms with Crippen LogP contribution in [-0.2, 0) is 11.8 Å². The smallest absolute Gasteiger partial charge is 0.220 e. The Balaban J connectivity index is 1.56. The Kier molecular flexibility index (Phi) is 6.95. The molecule has 7 heteroatoms. The number of carbonyl (C=O) groups excluding carboxylic acids is 2. The molecule has 3 aromatic rings. The van der Waals surface area contributed by atoms with E-state index >= 15 is 0 Å². The number of amides is 1. The lowest BCUT2D eigenvalue weighted by molar-refractivity contribution is -0.121. The van der Waals surface area contributed by atoms with Gasteiger partial charge >= 0.3 is 0 Å². The molecule has 0 unspecified atom stereocenters. The zero-order chi connectivity index (χ0) is 21.5. The van der Waals surface area contributed by atoms with E-state index in [1.54, 1.807) is 53.4 Å². The second-order valence-electron chi connectivity index (χ2n) is 6.98.